The summed E-state index contributed by atoms with van der Waals surface area (Å²) in [5.74, 6) is 0.507. The molecule has 1 aromatic heterocycles. The molecule has 19 heavy (non-hydrogen) atoms. The SMILES string of the molecule is Cc1cnc(N2CC3(CCOCC3)C2)c([N+](=O)[O-])c1. The van der Waals surface area contributed by atoms with Crippen LogP contribution in [0.3, 0.4) is 0 Å². The van der Waals surface area contributed by atoms with Gasteiger partial charge in [-0.05, 0) is 25.3 Å². The third-order valence-corrected chi connectivity index (χ3v) is 4.09. The van der Waals surface area contributed by atoms with Gasteiger partial charge >= 0.3 is 5.69 Å². The lowest BCUT2D eigenvalue weighted by Crippen LogP contribution is -2.59. The molecule has 2 aliphatic rings. The van der Waals surface area contributed by atoms with Gasteiger partial charge in [-0.1, -0.05) is 0 Å². The van der Waals surface area contributed by atoms with Crippen molar-refractivity contribution in [2.75, 3.05) is 31.2 Å². The standard InChI is InChI=1S/C13H17N3O3/c1-10-6-11(16(17)18)12(14-7-10)15-8-13(9-15)2-4-19-5-3-13/h6-7H,2-5,8-9H2,1H3. The minimum atomic E-state index is -0.343. The van der Waals surface area contributed by atoms with E-state index in [4.69, 9.17) is 4.74 Å². The van der Waals surface area contributed by atoms with Crippen LogP contribution in [0.2, 0.25) is 0 Å². The largest absolute Gasteiger partial charge is 0.381 e. The van der Waals surface area contributed by atoms with Crippen LogP contribution in [0.4, 0.5) is 11.5 Å². The Kier molecular flexibility index (Phi) is 2.89. The molecule has 3 rings (SSSR count). The quantitative estimate of drug-likeness (QED) is 0.602. The van der Waals surface area contributed by atoms with Gasteiger partial charge in [0.25, 0.3) is 0 Å². The number of aryl methyl sites for hydroxylation is 1. The van der Waals surface area contributed by atoms with Crippen LogP contribution in [0.1, 0.15) is 18.4 Å². The zero-order valence-corrected chi connectivity index (χ0v) is 11.0. The Labute approximate surface area is 111 Å². The minimum absolute atomic E-state index is 0.113. The number of nitrogens with zero attached hydrogens (tertiary/aromatic N) is 3. The van der Waals surface area contributed by atoms with Crippen LogP contribution in [0, 0.1) is 22.5 Å². The van der Waals surface area contributed by atoms with E-state index in [0.717, 1.165) is 44.7 Å². The van der Waals surface area contributed by atoms with E-state index < -0.39 is 0 Å². The third-order valence-electron chi connectivity index (χ3n) is 4.09. The first-order chi connectivity index (χ1) is 9.10. The molecule has 0 radical (unpaired) electrons. The van der Waals surface area contributed by atoms with Crippen LogP contribution < -0.4 is 4.90 Å². The van der Waals surface area contributed by atoms with E-state index >= 15 is 0 Å². The summed E-state index contributed by atoms with van der Waals surface area (Å²) in [7, 11) is 0. The van der Waals surface area contributed by atoms with E-state index in [-0.39, 0.29) is 10.6 Å². The molecule has 2 aliphatic heterocycles. The summed E-state index contributed by atoms with van der Waals surface area (Å²) in [5.41, 5.74) is 1.22. The lowest BCUT2D eigenvalue weighted by molar-refractivity contribution is -0.384. The Morgan fingerprint density at radius 2 is 2.11 bits per heavy atom. The molecular weight excluding hydrogens is 246 g/mol. The van der Waals surface area contributed by atoms with Crippen LogP contribution in [0.25, 0.3) is 0 Å². The zero-order valence-electron chi connectivity index (χ0n) is 11.0. The minimum Gasteiger partial charge on any atom is -0.381 e. The fraction of sp³-hybridized carbons (Fsp3) is 0.615. The van der Waals surface area contributed by atoms with Crippen LogP contribution in [0.5, 0.6) is 0 Å². The van der Waals surface area contributed by atoms with Gasteiger partial charge in [-0.2, -0.15) is 0 Å². The second kappa shape index (κ2) is 4.45. The van der Waals surface area contributed by atoms with Gasteiger partial charge in [-0.15, -0.1) is 0 Å². The number of aromatic nitrogens is 1. The molecule has 1 spiro atoms. The molecule has 0 aliphatic carbocycles. The van der Waals surface area contributed by atoms with Gasteiger partial charge in [0, 0.05) is 44.0 Å². The molecule has 0 bridgehead atoms. The predicted molar refractivity (Wildman–Crippen MR) is 70.3 cm³/mol. The van der Waals surface area contributed by atoms with Gasteiger partial charge in [0.2, 0.25) is 5.82 Å². The maximum atomic E-state index is 11.1. The van der Waals surface area contributed by atoms with Crippen molar-refractivity contribution in [2.24, 2.45) is 5.41 Å². The molecule has 0 saturated carbocycles. The van der Waals surface area contributed by atoms with Crippen molar-refractivity contribution < 1.29 is 9.66 Å². The second-order valence-electron chi connectivity index (χ2n) is 5.58. The average Bonchev–Trinajstić information content (AvgIpc) is 2.37. The molecule has 0 atom stereocenters. The number of anilines is 1. The van der Waals surface area contributed by atoms with E-state index in [1.54, 1.807) is 12.3 Å². The van der Waals surface area contributed by atoms with Crippen molar-refractivity contribution in [1.82, 2.24) is 4.98 Å². The van der Waals surface area contributed by atoms with E-state index in [1.165, 1.54) is 0 Å². The lowest BCUT2D eigenvalue weighted by Gasteiger charge is -2.52. The highest BCUT2D eigenvalue weighted by Gasteiger charge is 2.45. The Morgan fingerprint density at radius 3 is 2.74 bits per heavy atom. The number of hydrogen-bond donors (Lipinski definition) is 0. The van der Waals surface area contributed by atoms with E-state index in [1.807, 2.05) is 11.8 Å². The number of hydrogen-bond acceptors (Lipinski definition) is 5. The van der Waals surface area contributed by atoms with Crippen molar-refractivity contribution in [2.45, 2.75) is 19.8 Å². The smallest absolute Gasteiger partial charge is 0.311 e. The number of pyridine rings is 1. The van der Waals surface area contributed by atoms with Crippen molar-refractivity contribution in [3.05, 3.63) is 27.9 Å². The molecule has 1 aromatic rings. The van der Waals surface area contributed by atoms with Crippen LogP contribution in [0.15, 0.2) is 12.3 Å². The third kappa shape index (κ3) is 2.16. The molecule has 6 nitrogen and oxygen atoms in total. The van der Waals surface area contributed by atoms with Crippen molar-refractivity contribution in [1.29, 1.82) is 0 Å². The van der Waals surface area contributed by atoms with Crippen LogP contribution in [-0.2, 0) is 4.74 Å². The van der Waals surface area contributed by atoms with Gasteiger partial charge in [0.15, 0.2) is 0 Å². The summed E-state index contributed by atoms with van der Waals surface area (Å²) < 4.78 is 5.38. The summed E-state index contributed by atoms with van der Waals surface area (Å²) in [6.07, 6.45) is 3.78. The van der Waals surface area contributed by atoms with E-state index in [2.05, 4.69) is 4.98 Å². The fourth-order valence-corrected chi connectivity index (χ4v) is 2.96. The Hall–Kier alpha value is -1.69. The lowest BCUT2D eigenvalue weighted by atomic mass is 9.73. The summed E-state index contributed by atoms with van der Waals surface area (Å²) in [6, 6.07) is 1.59. The molecule has 0 unspecified atom stereocenters. The van der Waals surface area contributed by atoms with E-state index in [9.17, 15) is 10.1 Å². The van der Waals surface area contributed by atoms with Crippen LogP contribution in [-0.4, -0.2) is 36.2 Å². The summed E-state index contributed by atoms with van der Waals surface area (Å²) in [4.78, 5) is 17.0. The number of nitro groups is 1. The molecule has 0 aromatic carbocycles. The fourth-order valence-electron chi connectivity index (χ4n) is 2.96. The molecule has 0 N–H and O–H groups in total. The normalized spacial score (nSPS) is 21.2. The maximum Gasteiger partial charge on any atom is 0.311 e. The summed E-state index contributed by atoms with van der Waals surface area (Å²) in [6.45, 7) is 5.13. The molecule has 2 saturated heterocycles. The average molecular weight is 263 g/mol. The first kappa shape index (κ1) is 12.3. The summed E-state index contributed by atoms with van der Waals surface area (Å²) in [5, 5.41) is 11.1. The summed E-state index contributed by atoms with van der Waals surface area (Å²) >= 11 is 0. The molecule has 102 valence electrons. The molecular formula is C13H17N3O3. The van der Waals surface area contributed by atoms with Gasteiger partial charge in [0.1, 0.15) is 0 Å². The van der Waals surface area contributed by atoms with Gasteiger partial charge in [-0.25, -0.2) is 4.98 Å². The highest BCUT2D eigenvalue weighted by atomic mass is 16.6. The molecule has 3 heterocycles. The molecule has 0 amide bonds. The van der Waals surface area contributed by atoms with Crippen molar-refractivity contribution >= 4 is 11.5 Å². The van der Waals surface area contributed by atoms with Crippen LogP contribution >= 0.6 is 0 Å². The first-order valence-electron chi connectivity index (χ1n) is 6.53. The highest BCUT2D eigenvalue weighted by molar-refractivity contribution is 5.60. The number of rotatable bonds is 2. The van der Waals surface area contributed by atoms with E-state index in [0.29, 0.717) is 11.2 Å². The van der Waals surface area contributed by atoms with Gasteiger partial charge < -0.3 is 9.64 Å². The first-order valence-corrected chi connectivity index (χ1v) is 6.53. The predicted octanol–water partition coefficient (Wildman–Crippen LogP) is 1.92. The Bertz CT molecular complexity index is 504. The molecule has 6 heteroatoms. The van der Waals surface area contributed by atoms with Crippen molar-refractivity contribution in [3.8, 4) is 0 Å². The molecule has 2 fully saturated rings. The number of ether oxygens (including phenoxy) is 1. The monoisotopic (exact) mass is 263 g/mol. The second-order valence-corrected chi connectivity index (χ2v) is 5.58. The Balaban J connectivity index is 1.79. The van der Waals surface area contributed by atoms with Crippen molar-refractivity contribution in [3.63, 3.8) is 0 Å². The van der Waals surface area contributed by atoms with Gasteiger partial charge in [-0.3, -0.25) is 10.1 Å². The highest BCUT2D eigenvalue weighted by Crippen LogP contribution is 2.43. The zero-order chi connectivity index (χ0) is 13.5. The van der Waals surface area contributed by atoms with Gasteiger partial charge in [0.05, 0.1) is 4.92 Å². The topological polar surface area (TPSA) is 68.5 Å². The maximum absolute atomic E-state index is 11.1. The Morgan fingerprint density at radius 1 is 1.42 bits per heavy atom.